The average Bonchev–Trinajstić information content (AvgIpc) is 3.81. The summed E-state index contributed by atoms with van der Waals surface area (Å²) >= 11 is 0. The molecule has 0 saturated carbocycles. The Hall–Kier alpha value is -3.94. The summed E-state index contributed by atoms with van der Waals surface area (Å²) in [6.07, 6.45) is 12.3. The van der Waals surface area contributed by atoms with Crippen LogP contribution in [0.2, 0.25) is 0 Å². The topological polar surface area (TPSA) is 77.5 Å². The number of carbonyl (C=O) groups is 2. The number of rotatable bonds is 5. The van der Waals surface area contributed by atoms with Gasteiger partial charge < -0.3 is 28.7 Å². The smallest absolute Gasteiger partial charge is 0.231 e. The summed E-state index contributed by atoms with van der Waals surface area (Å²) in [7, 11) is 0. The van der Waals surface area contributed by atoms with Gasteiger partial charge in [-0.05, 0) is 61.1 Å². The van der Waals surface area contributed by atoms with E-state index in [4.69, 9.17) is 18.9 Å². The molecule has 7 rings (SSSR count). The minimum Gasteiger partial charge on any atom is -0.454 e. The maximum Gasteiger partial charge on any atom is 0.231 e. The van der Waals surface area contributed by atoms with Gasteiger partial charge in [-0.15, -0.1) is 0 Å². The van der Waals surface area contributed by atoms with Gasteiger partial charge in [-0.1, -0.05) is 36.4 Å². The van der Waals surface area contributed by atoms with Crippen molar-refractivity contribution in [3.63, 3.8) is 0 Å². The summed E-state index contributed by atoms with van der Waals surface area (Å²) in [6.45, 7) is 3.44. The van der Waals surface area contributed by atoms with Gasteiger partial charge in [0, 0.05) is 38.0 Å². The average molecular weight is 543 g/mol. The van der Waals surface area contributed by atoms with E-state index in [2.05, 4.69) is 12.2 Å². The predicted molar refractivity (Wildman–Crippen MR) is 148 cm³/mol. The van der Waals surface area contributed by atoms with Crippen LogP contribution < -0.4 is 18.9 Å². The molecule has 8 heteroatoms. The second-order valence-corrected chi connectivity index (χ2v) is 11.2. The first-order valence-corrected chi connectivity index (χ1v) is 14.4. The molecule has 0 radical (unpaired) electrons. The largest absolute Gasteiger partial charge is 0.454 e. The third-order valence-electron chi connectivity index (χ3n) is 8.84. The number of ether oxygens (including phenoxy) is 4. The number of amides is 2. The molecule has 2 amide bonds. The molecule has 4 heterocycles. The minimum absolute atomic E-state index is 0.0666. The van der Waals surface area contributed by atoms with E-state index < -0.39 is 11.8 Å². The van der Waals surface area contributed by atoms with Gasteiger partial charge in [-0.3, -0.25) is 9.59 Å². The van der Waals surface area contributed by atoms with Crippen molar-refractivity contribution in [3.8, 4) is 23.0 Å². The zero-order valence-electron chi connectivity index (χ0n) is 22.5. The van der Waals surface area contributed by atoms with E-state index in [0.29, 0.717) is 11.5 Å². The quantitative estimate of drug-likeness (QED) is 0.514. The van der Waals surface area contributed by atoms with Gasteiger partial charge in [0.2, 0.25) is 25.4 Å². The molecule has 5 aliphatic rings. The Morgan fingerprint density at radius 1 is 0.700 bits per heavy atom. The monoisotopic (exact) mass is 542 g/mol. The second-order valence-electron chi connectivity index (χ2n) is 11.2. The molecule has 0 N–H and O–H groups in total. The lowest BCUT2D eigenvalue weighted by Gasteiger charge is -2.40. The van der Waals surface area contributed by atoms with Crippen LogP contribution in [0.5, 0.6) is 23.0 Å². The van der Waals surface area contributed by atoms with Crippen LogP contribution in [-0.4, -0.2) is 61.4 Å². The molecule has 2 aromatic carbocycles. The molecule has 1 aliphatic carbocycles. The summed E-state index contributed by atoms with van der Waals surface area (Å²) in [5.74, 6) is 1.67. The molecule has 4 aliphatic heterocycles. The first-order chi connectivity index (χ1) is 19.7. The van der Waals surface area contributed by atoms with Crippen molar-refractivity contribution in [3.05, 3.63) is 65.8 Å². The first-order valence-electron chi connectivity index (χ1n) is 14.4. The molecule has 2 aromatic rings. The van der Waals surface area contributed by atoms with Crippen molar-refractivity contribution in [1.29, 1.82) is 0 Å². The molecule has 2 fully saturated rings. The molecule has 0 aromatic heterocycles. The van der Waals surface area contributed by atoms with E-state index in [1.807, 2.05) is 58.4 Å². The Kier molecular flexibility index (Phi) is 6.61. The maximum atomic E-state index is 14.3. The standard InChI is InChI=1S/C32H34N2O6/c35-31(33-13-1-2-14-33)25-10-9-23(22-7-12-27-29(18-22)40-20-38-27)24(30(25)32(36)34-15-3-4-16-34)8-5-21-6-11-26-28(17-21)39-19-37-26/h5-12,17-18,23-25,30H,1-4,13-16,19-20H2/t23-,24+,25-,30-/m0/s1. The van der Waals surface area contributed by atoms with Crippen molar-refractivity contribution in [2.75, 3.05) is 39.8 Å². The van der Waals surface area contributed by atoms with Crippen LogP contribution in [0.4, 0.5) is 0 Å². The van der Waals surface area contributed by atoms with Crippen LogP contribution in [0.15, 0.2) is 54.6 Å². The lowest BCUT2D eigenvalue weighted by molar-refractivity contribution is -0.145. The minimum atomic E-state index is -0.503. The highest BCUT2D eigenvalue weighted by atomic mass is 16.7. The summed E-state index contributed by atoms with van der Waals surface area (Å²) < 4.78 is 22.3. The predicted octanol–water partition coefficient (Wildman–Crippen LogP) is 4.60. The molecule has 0 unspecified atom stereocenters. The third kappa shape index (κ3) is 4.59. The number of benzene rings is 2. The van der Waals surface area contributed by atoms with E-state index in [0.717, 1.165) is 74.5 Å². The Bertz CT molecular complexity index is 1360. The van der Waals surface area contributed by atoms with Gasteiger partial charge in [0.15, 0.2) is 23.0 Å². The number of fused-ring (bicyclic) bond motifs is 2. The fraction of sp³-hybridized carbons (Fsp3) is 0.438. The maximum absolute atomic E-state index is 14.3. The lowest BCUT2D eigenvalue weighted by atomic mass is 9.67. The summed E-state index contributed by atoms with van der Waals surface area (Å²) in [5.41, 5.74) is 1.99. The number of hydrogen-bond donors (Lipinski definition) is 0. The van der Waals surface area contributed by atoms with Gasteiger partial charge in [-0.2, -0.15) is 0 Å². The Balaban J connectivity index is 1.30. The lowest BCUT2D eigenvalue weighted by Crippen LogP contribution is -2.48. The molecule has 208 valence electrons. The van der Waals surface area contributed by atoms with Gasteiger partial charge in [0.25, 0.3) is 0 Å². The molecule has 0 spiro atoms. The zero-order chi connectivity index (χ0) is 27.1. The van der Waals surface area contributed by atoms with Crippen molar-refractivity contribution in [2.45, 2.75) is 31.6 Å². The second kappa shape index (κ2) is 10.6. The summed E-state index contributed by atoms with van der Waals surface area (Å²) in [4.78, 5) is 32.1. The molecule has 2 saturated heterocycles. The van der Waals surface area contributed by atoms with Gasteiger partial charge >= 0.3 is 0 Å². The van der Waals surface area contributed by atoms with Crippen LogP contribution in [0.3, 0.4) is 0 Å². The van der Waals surface area contributed by atoms with Crippen LogP contribution in [0.25, 0.3) is 6.08 Å². The highest BCUT2D eigenvalue weighted by molar-refractivity contribution is 5.90. The van der Waals surface area contributed by atoms with Crippen LogP contribution >= 0.6 is 0 Å². The molecule has 8 nitrogen and oxygen atoms in total. The number of allylic oxidation sites excluding steroid dienone is 2. The summed E-state index contributed by atoms with van der Waals surface area (Å²) in [5, 5.41) is 0. The number of likely N-dealkylation sites (tertiary alicyclic amines) is 2. The molecular formula is C32H34N2O6. The van der Waals surface area contributed by atoms with Crippen LogP contribution in [0.1, 0.15) is 42.7 Å². The first kappa shape index (κ1) is 25.1. The summed E-state index contributed by atoms with van der Waals surface area (Å²) in [6, 6.07) is 11.8. The van der Waals surface area contributed by atoms with Gasteiger partial charge in [0.1, 0.15) is 0 Å². The third-order valence-corrected chi connectivity index (χ3v) is 8.84. The number of nitrogens with zero attached hydrogens (tertiary/aromatic N) is 2. The van der Waals surface area contributed by atoms with Crippen molar-refractivity contribution >= 4 is 17.9 Å². The van der Waals surface area contributed by atoms with E-state index in [1.54, 1.807) is 0 Å². The Morgan fingerprint density at radius 3 is 2.00 bits per heavy atom. The van der Waals surface area contributed by atoms with E-state index in [-0.39, 0.29) is 37.2 Å². The molecule has 4 atom stereocenters. The highest BCUT2D eigenvalue weighted by Crippen LogP contribution is 2.46. The van der Waals surface area contributed by atoms with Crippen LogP contribution in [0, 0.1) is 17.8 Å². The SMILES string of the molecule is O=C([C@H]1[C@H](C=Cc2ccc3c(c2)OCO3)[C@H](c2ccc3c(c2)OCO3)C=C[C@@H]1C(=O)N1CCCC1)N1CCCC1. The molecule has 0 bridgehead atoms. The normalized spacial score (nSPS) is 26.7. The highest BCUT2D eigenvalue weighted by Gasteiger charge is 2.46. The van der Waals surface area contributed by atoms with Crippen molar-refractivity contribution in [2.24, 2.45) is 17.8 Å². The molecular weight excluding hydrogens is 508 g/mol. The number of hydrogen-bond acceptors (Lipinski definition) is 6. The fourth-order valence-electron chi connectivity index (χ4n) is 6.73. The zero-order valence-corrected chi connectivity index (χ0v) is 22.5. The van der Waals surface area contributed by atoms with Crippen molar-refractivity contribution in [1.82, 2.24) is 9.80 Å². The van der Waals surface area contributed by atoms with E-state index in [9.17, 15) is 9.59 Å². The Labute approximate surface area is 234 Å². The molecule has 40 heavy (non-hydrogen) atoms. The van der Waals surface area contributed by atoms with Crippen molar-refractivity contribution < 1.29 is 28.5 Å². The van der Waals surface area contributed by atoms with E-state index >= 15 is 0 Å². The fourth-order valence-corrected chi connectivity index (χ4v) is 6.73. The van der Waals surface area contributed by atoms with Crippen LogP contribution in [-0.2, 0) is 9.59 Å². The Morgan fingerprint density at radius 2 is 1.30 bits per heavy atom. The van der Waals surface area contributed by atoms with Gasteiger partial charge in [0.05, 0.1) is 11.8 Å². The number of carbonyl (C=O) groups excluding carboxylic acids is 2. The van der Waals surface area contributed by atoms with Gasteiger partial charge in [-0.25, -0.2) is 0 Å². The van der Waals surface area contributed by atoms with E-state index in [1.165, 1.54) is 0 Å².